The molecule has 2 aliphatic rings. The van der Waals surface area contributed by atoms with Crippen molar-refractivity contribution < 1.29 is 5.11 Å². The van der Waals surface area contributed by atoms with E-state index in [9.17, 15) is 0 Å². The Balaban J connectivity index is 1.77. The van der Waals surface area contributed by atoms with Crippen molar-refractivity contribution in [3.8, 4) is 0 Å². The highest BCUT2D eigenvalue weighted by molar-refractivity contribution is 4.89. The van der Waals surface area contributed by atoms with Crippen molar-refractivity contribution in [2.45, 2.75) is 39.3 Å². The topological polar surface area (TPSA) is 33.2 Å². The first-order chi connectivity index (χ1) is 10.4. The van der Waals surface area contributed by atoms with E-state index in [0.717, 1.165) is 32.7 Å². The second-order valence-electron chi connectivity index (χ2n) is 7.77. The molecule has 0 aromatic carbocycles. The van der Waals surface area contributed by atoms with Gasteiger partial charge in [0.05, 0.1) is 6.61 Å². The van der Waals surface area contributed by atoms with Gasteiger partial charge < -0.3 is 5.11 Å². The third-order valence-corrected chi connectivity index (χ3v) is 5.39. The number of hydrogen-bond acceptors (Lipinski definition) is 5. The van der Waals surface area contributed by atoms with E-state index in [-0.39, 0.29) is 12.1 Å². The van der Waals surface area contributed by atoms with Crippen LogP contribution in [0.2, 0.25) is 0 Å². The highest BCUT2D eigenvalue weighted by Gasteiger charge is 2.32. The number of aliphatic hydroxyl groups excluding tert-OH is 1. The fourth-order valence-corrected chi connectivity index (χ4v) is 3.80. The molecule has 0 bridgehead atoms. The number of aliphatic hydroxyl groups is 1. The van der Waals surface area contributed by atoms with E-state index in [2.05, 4.69) is 47.3 Å². The summed E-state index contributed by atoms with van der Waals surface area (Å²) in [6, 6.07) is 0.676. The Morgan fingerprint density at radius 2 is 1.41 bits per heavy atom. The number of hydrogen-bond donors (Lipinski definition) is 1. The molecule has 0 amide bonds. The summed E-state index contributed by atoms with van der Waals surface area (Å²) in [5.41, 5.74) is 0.241. The monoisotopic (exact) mass is 312 g/mol. The zero-order chi connectivity index (χ0) is 16.2. The molecule has 0 spiro atoms. The van der Waals surface area contributed by atoms with Crippen LogP contribution in [0.4, 0.5) is 0 Å². The van der Waals surface area contributed by atoms with Gasteiger partial charge in [0, 0.05) is 77.0 Å². The Hall–Kier alpha value is -0.200. The summed E-state index contributed by atoms with van der Waals surface area (Å²) in [7, 11) is 0. The van der Waals surface area contributed by atoms with E-state index in [1.54, 1.807) is 0 Å². The minimum absolute atomic E-state index is 0.241. The first-order valence-electron chi connectivity index (χ1n) is 8.97. The minimum atomic E-state index is 0.241. The van der Waals surface area contributed by atoms with Gasteiger partial charge in [0.1, 0.15) is 0 Å². The molecule has 1 N–H and O–H groups in total. The second kappa shape index (κ2) is 8.06. The van der Waals surface area contributed by atoms with Gasteiger partial charge in [-0.2, -0.15) is 0 Å². The van der Waals surface area contributed by atoms with Crippen LogP contribution in [0.15, 0.2) is 0 Å². The third-order valence-electron chi connectivity index (χ3n) is 5.39. The van der Waals surface area contributed by atoms with Crippen molar-refractivity contribution in [2.75, 3.05) is 72.1 Å². The zero-order valence-electron chi connectivity index (χ0n) is 15.1. The Morgan fingerprint density at radius 1 is 0.864 bits per heavy atom. The van der Waals surface area contributed by atoms with Gasteiger partial charge in [-0.25, -0.2) is 0 Å². The van der Waals surface area contributed by atoms with E-state index in [4.69, 9.17) is 5.11 Å². The maximum atomic E-state index is 9.06. The average Bonchev–Trinajstić information content (AvgIpc) is 2.48. The van der Waals surface area contributed by atoms with Crippen LogP contribution < -0.4 is 0 Å². The van der Waals surface area contributed by atoms with E-state index in [1.807, 2.05) is 0 Å². The lowest BCUT2D eigenvalue weighted by Gasteiger charge is -2.47. The van der Waals surface area contributed by atoms with Gasteiger partial charge in [0.2, 0.25) is 0 Å². The molecule has 2 aliphatic heterocycles. The Bertz CT molecular complexity index is 319. The van der Waals surface area contributed by atoms with Gasteiger partial charge in [0.15, 0.2) is 0 Å². The van der Waals surface area contributed by atoms with Crippen LogP contribution in [0.3, 0.4) is 0 Å². The first-order valence-corrected chi connectivity index (χ1v) is 8.97. The Kier molecular flexibility index (Phi) is 6.65. The summed E-state index contributed by atoms with van der Waals surface area (Å²) in [6.07, 6.45) is 0. The molecule has 2 fully saturated rings. The Morgan fingerprint density at radius 3 is 1.91 bits per heavy atom. The van der Waals surface area contributed by atoms with E-state index < -0.39 is 0 Å². The number of rotatable bonds is 6. The lowest BCUT2D eigenvalue weighted by molar-refractivity contribution is 0.0106. The predicted octanol–water partition coefficient (Wildman–Crippen LogP) is 0.401. The molecule has 0 aromatic heterocycles. The van der Waals surface area contributed by atoms with Crippen molar-refractivity contribution in [1.82, 2.24) is 19.6 Å². The molecule has 5 heteroatoms. The van der Waals surface area contributed by atoms with Crippen LogP contribution in [0.5, 0.6) is 0 Å². The van der Waals surface area contributed by atoms with Gasteiger partial charge >= 0.3 is 0 Å². The maximum Gasteiger partial charge on any atom is 0.0558 e. The number of piperazine rings is 2. The number of β-amino-alcohol motifs (C(OH)–C–C–N with tert-alkyl or cyclic N) is 1. The van der Waals surface area contributed by atoms with Gasteiger partial charge in [-0.3, -0.25) is 19.6 Å². The standard InChI is InChI=1S/C17H36N4O/c1-16(2)20-9-5-19(6-10-20)15-17(3,4)21-11-7-18(8-12-21)13-14-22/h16,22H,5-15H2,1-4H3. The molecule has 5 nitrogen and oxygen atoms in total. The highest BCUT2D eigenvalue weighted by atomic mass is 16.3. The van der Waals surface area contributed by atoms with Gasteiger partial charge in [-0.1, -0.05) is 0 Å². The van der Waals surface area contributed by atoms with Crippen molar-refractivity contribution in [2.24, 2.45) is 0 Å². The lowest BCUT2D eigenvalue weighted by atomic mass is 10.00. The van der Waals surface area contributed by atoms with Crippen molar-refractivity contribution in [3.63, 3.8) is 0 Å². The SMILES string of the molecule is CC(C)N1CCN(CC(C)(C)N2CCN(CCO)CC2)CC1. The molecule has 0 aliphatic carbocycles. The third kappa shape index (κ3) is 4.90. The summed E-state index contributed by atoms with van der Waals surface area (Å²) in [4.78, 5) is 10.2. The van der Waals surface area contributed by atoms with Crippen LogP contribution in [0.1, 0.15) is 27.7 Å². The average molecular weight is 313 g/mol. The largest absolute Gasteiger partial charge is 0.395 e. The molecule has 0 saturated carbocycles. The van der Waals surface area contributed by atoms with Gasteiger partial charge in [-0.05, 0) is 27.7 Å². The lowest BCUT2D eigenvalue weighted by Crippen LogP contribution is -2.60. The summed E-state index contributed by atoms with van der Waals surface area (Å²) in [5, 5.41) is 9.06. The summed E-state index contributed by atoms with van der Waals surface area (Å²) in [6.45, 7) is 20.9. The molecule has 2 saturated heterocycles. The van der Waals surface area contributed by atoms with Crippen LogP contribution in [0.25, 0.3) is 0 Å². The summed E-state index contributed by atoms with van der Waals surface area (Å²) >= 11 is 0. The first kappa shape index (κ1) is 18.1. The fraction of sp³-hybridized carbons (Fsp3) is 1.00. The summed E-state index contributed by atoms with van der Waals surface area (Å²) in [5.74, 6) is 0. The second-order valence-corrected chi connectivity index (χ2v) is 7.77. The molecule has 22 heavy (non-hydrogen) atoms. The van der Waals surface area contributed by atoms with E-state index >= 15 is 0 Å². The minimum Gasteiger partial charge on any atom is -0.395 e. The van der Waals surface area contributed by atoms with Gasteiger partial charge in [0.25, 0.3) is 0 Å². The normalized spacial score (nSPS) is 24.3. The van der Waals surface area contributed by atoms with Crippen molar-refractivity contribution >= 4 is 0 Å². The predicted molar refractivity (Wildman–Crippen MR) is 92.3 cm³/mol. The van der Waals surface area contributed by atoms with Gasteiger partial charge in [-0.15, -0.1) is 0 Å². The van der Waals surface area contributed by atoms with E-state index in [0.29, 0.717) is 6.04 Å². The number of nitrogens with zero attached hydrogens (tertiary/aromatic N) is 4. The molecule has 2 rings (SSSR count). The molecular weight excluding hydrogens is 276 g/mol. The molecule has 2 heterocycles. The fourth-order valence-electron chi connectivity index (χ4n) is 3.80. The van der Waals surface area contributed by atoms with Crippen LogP contribution in [-0.4, -0.2) is 108 Å². The molecule has 0 atom stereocenters. The molecule has 0 aromatic rings. The maximum absolute atomic E-state index is 9.06. The molecular formula is C17H36N4O. The molecule has 130 valence electrons. The van der Waals surface area contributed by atoms with Crippen molar-refractivity contribution in [3.05, 3.63) is 0 Å². The van der Waals surface area contributed by atoms with Crippen LogP contribution >= 0.6 is 0 Å². The highest BCUT2D eigenvalue weighted by Crippen LogP contribution is 2.19. The quantitative estimate of drug-likeness (QED) is 0.768. The summed E-state index contributed by atoms with van der Waals surface area (Å²) < 4.78 is 0. The Labute approximate surface area is 136 Å². The van der Waals surface area contributed by atoms with Crippen LogP contribution in [-0.2, 0) is 0 Å². The molecule has 0 radical (unpaired) electrons. The van der Waals surface area contributed by atoms with Crippen LogP contribution in [0, 0.1) is 0 Å². The van der Waals surface area contributed by atoms with Crippen molar-refractivity contribution in [1.29, 1.82) is 0 Å². The zero-order valence-corrected chi connectivity index (χ0v) is 15.1. The molecule has 0 unspecified atom stereocenters. The van der Waals surface area contributed by atoms with E-state index in [1.165, 1.54) is 32.7 Å². The smallest absolute Gasteiger partial charge is 0.0558 e.